The third-order valence-corrected chi connectivity index (χ3v) is 1.78. The van der Waals surface area contributed by atoms with Crippen LogP contribution in [0.3, 0.4) is 0 Å². The lowest BCUT2D eigenvalue weighted by Crippen LogP contribution is -1.98. The van der Waals surface area contributed by atoms with Crippen LogP contribution < -0.4 is 0 Å². The van der Waals surface area contributed by atoms with E-state index in [0.29, 0.717) is 11.3 Å². The molecule has 0 aliphatic heterocycles. The van der Waals surface area contributed by atoms with Crippen molar-refractivity contribution < 1.29 is 4.84 Å². The van der Waals surface area contributed by atoms with E-state index >= 15 is 0 Å². The number of nitrogens with one attached hydrogen (secondary N) is 1. The minimum absolute atomic E-state index is 0.623. The third-order valence-electron chi connectivity index (χ3n) is 1.78. The van der Waals surface area contributed by atoms with Crippen molar-refractivity contribution >= 4 is 5.71 Å². The van der Waals surface area contributed by atoms with Crippen molar-refractivity contribution in [1.29, 1.82) is 5.26 Å². The highest BCUT2D eigenvalue weighted by molar-refractivity contribution is 5.99. The third kappa shape index (κ3) is 1.70. The van der Waals surface area contributed by atoms with E-state index in [-0.39, 0.29) is 0 Å². The summed E-state index contributed by atoms with van der Waals surface area (Å²) in [6, 6.07) is 2.12. The Kier molecular flexibility index (Phi) is 2.70. The summed E-state index contributed by atoms with van der Waals surface area (Å²) in [5.74, 6) is 0. The minimum atomic E-state index is 0.623. The monoisotopic (exact) mass is 177 g/mol. The maximum Gasteiger partial charge on any atom is 0.106 e. The number of hydrogen-bond donors (Lipinski definition) is 1. The van der Waals surface area contributed by atoms with Crippen LogP contribution in [0.25, 0.3) is 0 Å². The first-order valence-electron chi connectivity index (χ1n) is 3.87. The van der Waals surface area contributed by atoms with Crippen molar-refractivity contribution in [2.75, 3.05) is 7.11 Å². The highest BCUT2D eigenvalue weighted by Crippen LogP contribution is 2.12. The molecule has 0 saturated heterocycles. The van der Waals surface area contributed by atoms with E-state index in [1.54, 1.807) is 13.1 Å². The summed E-state index contributed by atoms with van der Waals surface area (Å²) < 4.78 is 0. The number of H-pyrrole nitrogens is 1. The van der Waals surface area contributed by atoms with Crippen LogP contribution in [-0.2, 0) is 4.84 Å². The summed E-state index contributed by atoms with van der Waals surface area (Å²) in [6.45, 7) is 3.66. The number of nitrogens with zero attached hydrogens (tertiary/aromatic N) is 2. The second-order valence-corrected chi connectivity index (χ2v) is 2.69. The van der Waals surface area contributed by atoms with Crippen LogP contribution in [0.4, 0.5) is 0 Å². The Morgan fingerprint density at radius 2 is 2.38 bits per heavy atom. The molecule has 0 unspecified atom stereocenters. The van der Waals surface area contributed by atoms with E-state index in [9.17, 15) is 0 Å². The molecule has 0 spiro atoms. The van der Waals surface area contributed by atoms with Gasteiger partial charge in [-0.1, -0.05) is 5.16 Å². The van der Waals surface area contributed by atoms with Crippen molar-refractivity contribution in [1.82, 2.24) is 4.98 Å². The molecule has 1 N–H and O–H groups in total. The van der Waals surface area contributed by atoms with Gasteiger partial charge < -0.3 is 9.82 Å². The van der Waals surface area contributed by atoms with E-state index in [2.05, 4.69) is 21.0 Å². The van der Waals surface area contributed by atoms with Gasteiger partial charge in [0.2, 0.25) is 0 Å². The highest BCUT2D eigenvalue weighted by Gasteiger charge is 2.09. The first-order chi connectivity index (χ1) is 6.20. The van der Waals surface area contributed by atoms with E-state index in [4.69, 9.17) is 5.26 Å². The van der Waals surface area contributed by atoms with Gasteiger partial charge in [-0.05, 0) is 19.4 Å². The summed E-state index contributed by atoms with van der Waals surface area (Å²) in [5.41, 5.74) is 2.94. The zero-order chi connectivity index (χ0) is 9.84. The molecule has 0 bridgehead atoms. The Bertz CT molecular complexity index is 371. The number of hydrogen-bond acceptors (Lipinski definition) is 3. The van der Waals surface area contributed by atoms with Gasteiger partial charge in [-0.25, -0.2) is 0 Å². The maximum absolute atomic E-state index is 8.84. The lowest BCUT2D eigenvalue weighted by molar-refractivity contribution is 0.213. The van der Waals surface area contributed by atoms with Gasteiger partial charge in [0.05, 0.1) is 11.3 Å². The number of nitriles is 1. The van der Waals surface area contributed by atoms with Crippen LogP contribution in [0, 0.1) is 18.3 Å². The van der Waals surface area contributed by atoms with Gasteiger partial charge in [0.15, 0.2) is 0 Å². The first-order valence-corrected chi connectivity index (χ1v) is 3.87. The molecule has 1 heterocycles. The molecule has 0 fully saturated rings. The lowest BCUT2D eigenvalue weighted by atomic mass is 10.1. The zero-order valence-corrected chi connectivity index (χ0v) is 7.88. The first kappa shape index (κ1) is 9.33. The number of aromatic nitrogens is 1. The number of aryl methyl sites for hydroxylation is 1. The van der Waals surface area contributed by atoms with Gasteiger partial charge in [-0.15, -0.1) is 0 Å². The normalized spacial score (nSPS) is 11.1. The number of oxime groups is 1. The molecule has 0 saturated carbocycles. The smallest absolute Gasteiger partial charge is 0.106 e. The Balaban J connectivity index is 3.16. The van der Waals surface area contributed by atoms with Gasteiger partial charge >= 0.3 is 0 Å². The fraction of sp³-hybridized carbons (Fsp3) is 0.333. The maximum atomic E-state index is 8.84. The standard InChI is InChI=1S/C9H11N3O/c1-6-5-11-9(8(6)4-10)7(2)12-13-3/h5,11H,1-3H3. The predicted molar refractivity (Wildman–Crippen MR) is 49.5 cm³/mol. The van der Waals surface area contributed by atoms with E-state index in [1.165, 1.54) is 7.11 Å². The van der Waals surface area contributed by atoms with Gasteiger partial charge in [-0.2, -0.15) is 5.26 Å². The molecule has 1 rings (SSSR count). The van der Waals surface area contributed by atoms with E-state index in [1.807, 2.05) is 6.92 Å². The lowest BCUT2D eigenvalue weighted by Gasteiger charge is -1.96. The molecular formula is C9H11N3O. The van der Waals surface area contributed by atoms with Gasteiger partial charge in [-0.3, -0.25) is 0 Å². The van der Waals surface area contributed by atoms with Crippen molar-refractivity contribution in [3.05, 3.63) is 23.0 Å². The van der Waals surface area contributed by atoms with Crippen LogP contribution in [-0.4, -0.2) is 17.8 Å². The van der Waals surface area contributed by atoms with Crippen LogP contribution >= 0.6 is 0 Å². The Morgan fingerprint density at radius 1 is 1.69 bits per heavy atom. The second kappa shape index (κ2) is 3.76. The average molecular weight is 177 g/mol. The molecule has 68 valence electrons. The van der Waals surface area contributed by atoms with Crippen molar-refractivity contribution in [3.63, 3.8) is 0 Å². The summed E-state index contributed by atoms with van der Waals surface area (Å²) >= 11 is 0. The van der Waals surface area contributed by atoms with Gasteiger partial charge in [0.25, 0.3) is 0 Å². The number of rotatable bonds is 2. The van der Waals surface area contributed by atoms with E-state index in [0.717, 1.165) is 11.3 Å². The zero-order valence-electron chi connectivity index (χ0n) is 7.88. The van der Waals surface area contributed by atoms with Crippen LogP contribution in [0.1, 0.15) is 23.7 Å². The Labute approximate surface area is 76.8 Å². The molecule has 0 amide bonds. The van der Waals surface area contributed by atoms with Crippen molar-refractivity contribution in [3.8, 4) is 6.07 Å². The quantitative estimate of drug-likeness (QED) is 0.550. The van der Waals surface area contributed by atoms with Crippen molar-refractivity contribution in [2.24, 2.45) is 5.16 Å². The number of aromatic amines is 1. The summed E-state index contributed by atoms with van der Waals surface area (Å²) in [5, 5.41) is 12.6. The Morgan fingerprint density at radius 3 is 2.92 bits per heavy atom. The van der Waals surface area contributed by atoms with Crippen LogP contribution in [0.2, 0.25) is 0 Å². The molecule has 0 aromatic carbocycles. The topological polar surface area (TPSA) is 61.2 Å². The summed E-state index contributed by atoms with van der Waals surface area (Å²) in [6.07, 6.45) is 1.78. The predicted octanol–water partition coefficient (Wildman–Crippen LogP) is 1.57. The fourth-order valence-corrected chi connectivity index (χ4v) is 1.13. The minimum Gasteiger partial charge on any atom is -0.399 e. The molecule has 1 aromatic rings. The molecule has 1 aromatic heterocycles. The van der Waals surface area contributed by atoms with E-state index < -0.39 is 0 Å². The van der Waals surface area contributed by atoms with Crippen molar-refractivity contribution in [2.45, 2.75) is 13.8 Å². The molecule has 4 nitrogen and oxygen atoms in total. The Hall–Kier alpha value is -1.76. The second-order valence-electron chi connectivity index (χ2n) is 2.69. The highest BCUT2D eigenvalue weighted by atomic mass is 16.6. The molecule has 4 heteroatoms. The molecule has 13 heavy (non-hydrogen) atoms. The van der Waals surface area contributed by atoms with Crippen LogP contribution in [0.15, 0.2) is 11.4 Å². The fourth-order valence-electron chi connectivity index (χ4n) is 1.13. The van der Waals surface area contributed by atoms with Crippen LogP contribution in [0.5, 0.6) is 0 Å². The molecule has 0 atom stereocenters. The molecule has 0 aliphatic rings. The molecule has 0 radical (unpaired) electrons. The summed E-state index contributed by atoms with van der Waals surface area (Å²) in [7, 11) is 1.48. The molecular weight excluding hydrogens is 166 g/mol. The largest absolute Gasteiger partial charge is 0.399 e. The summed E-state index contributed by atoms with van der Waals surface area (Å²) in [4.78, 5) is 7.60. The molecule has 0 aliphatic carbocycles. The van der Waals surface area contributed by atoms with Gasteiger partial charge in [0.1, 0.15) is 18.9 Å². The van der Waals surface area contributed by atoms with Gasteiger partial charge in [0, 0.05) is 6.20 Å². The SMILES string of the molecule is CON=C(C)c1[nH]cc(C)c1C#N. The average Bonchev–Trinajstić information content (AvgIpc) is 2.47.